The van der Waals surface area contributed by atoms with Gasteiger partial charge in [0.1, 0.15) is 5.75 Å². The van der Waals surface area contributed by atoms with Crippen molar-refractivity contribution in [2.45, 2.75) is 25.3 Å². The second-order valence-corrected chi connectivity index (χ2v) is 5.64. The number of hydrogen-bond acceptors (Lipinski definition) is 2. The van der Waals surface area contributed by atoms with E-state index < -0.39 is 0 Å². The smallest absolute Gasteiger partial charge is 0.126 e. The van der Waals surface area contributed by atoms with Gasteiger partial charge >= 0.3 is 0 Å². The van der Waals surface area contributed by atoms with Crippen molar-refractivity contribution in [1.82, 2.24) is 5.32 Å². The second-order valence-electron chi connectivity index (χ2n) is 5.64. The van der Waals surface area contributed by atoms with Crippen molar-refractivity contribution in [3.63, 3.8) is 0 Å². The van der Waals surface area contributed by atoms with Crippen molar-refractivity contribution in [3.05, 3.63) is 54.1 Å². The first kappa shape index (κ1) is 13.2. The second kappa shape index (κ2) is 5.29. The number of benzene rings is 2. The molecule has 0 saturated carbocycles. The molecule has 1 unspecified atom stereocenters. The van der Waals surface area contributed by atoms with E-state index in [4.69, 9.17) is 4.74 Å². The summed E-state index contributed by atoms with van der Waals surface area (Å²) in [5, 5.41) is 3.62. The van der Waals surface area contributed by atoms with Gasteiger partial charge in [0.2, 0.25) is 0 Å². The van der Waals surface area contributed by atoms with Gasteiger partial charge in [-0.2, -0.15) is 0 Å². The van der Waals surface area contributed by atoms with Gasteiger partial charge in [0.05, 0.1) is 7.11 Å². The Hall–Kier alpha value is -1.80. The third-order valence-corrected chi connectivity index (χ3v) is 4.29. The normalized spacial score (nSPS) is 21.9. The van der Waals surface area contributed by atoms with Crippen molar-refractivity contribution >= 4 is 0 Å². The highest BCUT2D eigenvalue weighted by atomic mass is 16.5. The number of ether oxygens (including phenoxy) is 1. The Morgan fingerprint density at radius 2 is 1.90 bits per heavy atom. The van der Waals surface area contributed by atoms with Crippen LogP contribution in [0.5, 0.6) is 5.75 Å². The largest absolute Gasteiger partial charge is 0.496 e. The minimum absolute atomic E-state index is 0.0931. The molecule has 0 radical (unpaired) electrons. The molecule has 2 heteroatoms. The van der Waals surface area contributed by atoms with E-state index in [-0.39, 0.29) is 5.54 Å². The van der Waals surface area contributed by atoms with E-state index >= 15 is 0 Å². The molecule has 2 aromatic carbocycles. The molecule has 1 saturated heterocycles. The SMILES string of the molecule is COc1ccc(C2(C)CCCN2)cc1-c1ccccc1. The summed E-state index contributed by atoms with van der Waals surface area (Å²) in [5.74, 6) is 0.932. The summed E-state index contributed by atoms with van der Waals surface area (Å²) in [5.41, 5.74) is 3.80. The van der Waals surface area contributed by atoms with Gasteiger partial charge in [0, 0.05) is 11.1 Å². The van der Waals surface area contributed by atoms with Crippen molar-refractivity contribution in [2.24, 2.45) is 0 Å². The fourth-order valence-corrected chi connectivity index (χ4v) is 3.04. The molecule has 1 aliphatic rings. The van der Waals surface area contributed by atoms with E-state index in [2.05, 4.69) is 54.7 Å². The summed E-state index contributed by atoms with van der Waals surface area (Å²) in [7, 11) is 1.73. The van der Waals surface area contributed by atoms with Gasteiger partial charge in [-0.05, 0) is 49.6 Å². The highest BCUT2D eigenvalue weighted by Gasteiger charge is 2.30. The van der Waals surface area contributed by atoms with Gasteiger partial charge in [-0.3, -0.25) is 0 Å². The molecule has 1 fully saturated rings. The first-order valence-electron chi connectivity index (χ1n) is 7.22. The van der Waals surface area contributed by atoms with E-state index in [1.807, 2.05) is 6.07 Å². The maximum atomic E-state index is 5.53. The highest BCUT2D eigenvalue weighted by Crippen LogP contribution is 2.37. The van der Waals surface area contributed by atoms with Gasteiger partial charge in [0.15, 0.2) is 0 Å². The molecule has 0 aliphatic carbocycles. The van der Waals surface area contributed by atoms with Gasteiger partial charge in [0.25, 0.3) is 0 Å². The summed E-state index contributed by atoms with van der Waals surface area (Å²) >= 11 is 0. The van der Waals surface area contributed by atoms with E-state index in [0.717, 1.165) is 12.3 Å². The number of nitrogens with one attached hydrogen (secondary N) is 1. The average molecular weight is 267 g/mol. The van der Waals surface area contributed by atoms with Crippen LogP contribution in [-0.2, 0) is 5.54 Å². The molecule has 0 aromatic heterocycles. The van der Waals surface area contributed by atoms with Gasteiger partial charge in [-0.25, -0.2) is 0 Å². The molecule has 1 atom stereocenters. The molecule has 1 N–H and O–H groups in total. The highest BCUT2D eigenvalue weighted by molar-refractivity contribution is 5.71. The van der Waals surface area contributed by atoms with Crippen LogP contribution in [0.1, 0.15) is 25.3 Å². The van der Waals surface area contributed by atoms with Crippen molar-refractivity contribution in [3.8, 4) is 16.9 Å². The Morgan fingerprint density at radius 3 is 2.55 bits per heavy atom. The zero-order valence-corrected chi connectivity index (χ0v) is 12.1. The minimum Gasteiger partial charge on any atom is -0.496 e. The molecule has 2 nitrogen and oxygen atoms in total. The van der Waals surface area contributed by atoms with Crippen LogP contribution in [-0.4, -0.2) is 13.7 Å². The van der Waals surface area contributed by atoms with E-state index in [1.165, 1.54) is 29.5 Å². The Balaban J connectivity index is 2.08. The molecule has 0 bridgehead atoms. The zero-order valence-electron chi connectivity index (χ0n) is 12.1. The Morgan fingerprint density at radius 1 is 1.10 bits per heavy atom. The van der Waals surface area contributed by atoms with Crippen molar-refractivity contribution < 1.29 is 4.74 Å². The predicted octanol–water partition coefficient (Wildman–Crippen LogP) is 3.96. The van der Waals surface area contributed by atoms with E-state index in [1.54, 1.807) is 7.11 Å². The topological polar surface area (TPSA) is 21.3 Å². The minimum atomic E-state index is 0.0931. The molecule has 0 spiro atoms. The fraction of sp³-hybridized carbons (Fsp3) is 0.333. The van der Waals surface area contributed by atoms with Crippen LogP contribution in [0.3, 0.4) is 0 Å². The lowest BCUT2D eigenvalue weighted by Crippen LogP contribution is -2.33. The average Bonchev–Trinajstić information content (AvgIpc) is 2.95. The standard InChI is InChI=1S/C18H21NO/c1-18(11-6-12-19-18)15-9-10-17(20-2)16(13-15)14-7-4-3-5-8-14/h3-5,7-10,13,19H,6,11-12H2,1-2H3. The molecule has 1 heterocycles. The fourth-order valence-electron chi connectivity index (χ4n) is 3.04. The monoisotopic (exact) mass is 267 g/mol. The van der Waals surface area contributed by atoms with Crippen LogP contribution in [0, 0.1) is 0 Å². The van der Waals surface area contributed by atoms with Crippen molar-refractivity contribution in [1.29, 1.82) is 0 Å². The van der Waals surface area contributed by atoms with Crippen LogP contribution < -0.4 is 10.1 Å². The molecule has 20 heavy (non-hydrogen) atoms. The summed E-state index contributed by atoms with van der Waals surface area (Å²) in [6.45, 7) is 3.39. The van der Waals surface area contributed by atoms with E-state index in [9.17, 15) is 0 Å². The summed E-state index contributed by atoms with van der Waals surface area (Å²) in [4.78, 5) is 0. The number of rotatable bonds is 3. The van der Waals surface area contributed by atoms with Gasteiger partial charge < -0.3 is 10.1 Å². The first-order chi connectivity index (χ1) is 9.73. The van der Waals surface area contributed by atoms with Crippen LogP contribution >= 0.6 is 0 Å². The lowest BCUT2D eigenvalue weighted by molar-refractivity contribution is 0.412. The zero-order chi connectivity index (χ0) is 14.0. The van der Waals surface area contributed by atoms with Crippen molar-refractivity contribution in [2.75, 3.05) is 13.7 Å². The molecule has 2 aromatic rings. The maximum absolute atomic E-state index is 5.53. The maximum Gasteiger partial charge on any atom is 0.126 e. The molecule has 3 rings (SSSR count). The quantitative estimate of drug-likeness (QED) is 0.909. The lowest BCUT2D eigenvalue weighted by atomic mass is 9.88. The molecule has 1 aliphatic heterocycles. The summed E-state index contributed by atoms with van der Waals surface area (Å²) in [6.07, 6.45) is 2.43. The number of methoxy groups -OCH3 is 1. The lowest BCUT2D eigenvalue weighted by Gasteiger charge is -2.26. The first-order valence-corrected chi connectivity index (χ1v) is 7.22. The van der Waals surface area contributed by atoms with E-state index in [0.29, 0.717) is 0 Å². The molecule has 104 valence electrons. The molecule has 0 amide bonds. The third-order valence-electron chi connectivity index (χ3n) is 4.29. The van der Waals surface area contributed by atoms with Crippen LogP contribution in [0.15, 0.2) is 48.5 Å². The Bertz CT molecular complexity index is 586. The van der Waals surface area contributed by atoms with Gasteiger partial charge in [-0.15, -0.1) is 0 Å². The molecular weight excluding hydrogens is 246 g/mol. The van der Waals surface area contributed by atoms with Crippen LogP contribution in [0.2, 0.25) is 0 Å². The Kier molecular flexibility index (Phi) is 3.49. The van der Waals surface area contributed by atoms with Crippen LogP contribution in [0.4, 0.5) is 0 Å². The number of hydrogen-bond donors (Lipinski definition) is 1. The summed E-state index contributed by atoms with van der Waals surface area (Å²) in [6, 6.07) is 17.0. The Labute approximate surface area is 120 Å². The predicted molar refractivity (Wildman–Crippen MR) is 83.0 cm³/mol. The third kappa shape index (κ3) is 2.32. The molecular formula is C18H21NO. The summed E-state index contributed by atoms with van der Waals surface area (Å²) < 4.78 is 5.53. The van der Waals surface area contributed by atoms with Gasteiger partial charge in [-0.1, -0.05) is 36.4 Å². The van der Waals surface area contributed by atoms with Crippen LogP contribution in [0.25, 0.3) is 11.1 Å².